The van der Waals surface area contributed by atoms with Crippen LogP contribution in [-0.2, 0) is 13.5 Å². The highest BCUT2D eigenvalue weighted by molar-refractivity contribution is 5.37. The van der Waals surface area contributed by atoms with Gasteiger partial charge in [-0.25, -0.2) is 4.98 Å². The lowest BCUT2D eigenvalue weighted by molar-refractivity contribution is 0.823. The number of hydrogen-bond donors (Lipinski definition) is 0. The van der Waals surface area contributed by atoms with Crippen molar-refractivity contribution in [2.24, 2.45) is 7.05 Å². The normalized spacial score (nSPS) is 9.80. The van der Waals surface area contributed by atoms with Crippen molar-refractivity contribution in [3.05, 3.63) is 24.3 Å². The molecule has 10 heavy (non-hydrogen) atoms. The molecular weight excluding hydrogens is 124 g/mol. The van der Waals surface area contributed by atoms with Crippen LogP contribution in [-0.4, -0.2) is 9.55 Å². The molecule has 0 saturated heterocycles. The van der Waals surface area contributed by atoms with Crippen LogP contribution in [0.4, 0.5) is 0 Å². The van der Waals surface area contributed by atoms with Gasteiger partial charge in [0.25, 0.3) is 0 Å². The van der Waals surface area contributed by atoms with E-state index in [0.29, 0.717) is 0 Å². The highest BCUT2D eigenvalue weighted by atomic mass is 15.0. The van der Waals surface area contributed by atoms with Gasteiger partial charge in [0.1, 0.15) is 5.82 Å². The quantitative estimate of drug-likeness (QED) is 0.604. The van der Waals surface area contributed by atoms with Crippen LogP contribution in [0.3, 0.4) is 0 Å². The van der Waals surface area contributed by atoms with Crippen molar-refractivity contribution in [2.45, 2.75) is 13.3 Å². The second-order valence-corrected chi connectivity index (χ2v) is 2.22. The van der Waals surface area contributed by atoms with Crippen LogP contribution in [0.1, 0.15) is 18.4 Å². The number of aryl methyl sites for hydroxylation is 1. The van der Waals surface area contributed by atoms with Gasteiger partial charge in [-0.15, -0.1) is 0 Å². The molecule has 0 unspecified atom stereocenters. The van der Waals surface area contributed by atoms with Crippen molar-refractivity contribution in [1.29, 1.82) is 0 Å². The number of imidazole rings is 1. The van der Waals surface area contributed by atoms with Gasteiger partial charge in [0, 0.05) is 18.9 Å². The Morgan fingerprint density at radius 3 is 2.80 bits per heavy atom. The van der Waals surface area contributed by atoms with Crippen LogP contribution >= 0.6 is 0 Å². The lowest BCUT2D eigenvalue weighted by atomic mass is 10.4. The first kappa shape index (κ1) is 7.06. The van der Waals surface area contributed by atoms with Crippen molar-refractivity contribution < 1.29 is 0 Å². The predicted octanol–water partition coefficient (Wildman–Crippen LogP) is 1.63. The number of aromatic nitrogens is 2. The second-order valence-electron chi connectivity index (χ2n) is 2.22. The van der Waals surface area contributed by atoms with Crippen LogP contribution < -0.4 is 0 Å². The van der Waals surface area contributed by atoms with Crippen LogP contribution in [0.2, 0.25) is 0 Å². The van der Waals surface area contributed by atoms with Gasteiger partial charge in [0.2, 0.25) is 0 Å². The third-order valence-corrected chi connectivity index (χ3v) is 1.67. The molecular formula is C8H12N2. The molecule has 0 bridgehead atoms. The zero-order valence-corrected chi connectivity index (χ0v) is 6.46. The summed E-state index contributed by atoms with van der Waals surface area (Å²) in [5, 5.41) is 0. The molecule has 2 nitrogen and oxygen atoms in total. The molecule has 0 saturated carbocycles. The fraction of sp³-hybridized carbons (Fsp3) is 0.375. The highest BCUT2D eigenvalue weighted by Gasteiger charge is 1.98. The highest BCUT2D eigenvalue weighted by Crippen LogP contribution is 2.03. The van der Waals surface area contributed by atoms with E-state index in [0.717, 1.165) is 12.2 Å². The van der Waals surface area contributed by atoms with Crippen molar-refractivity contribution in [2.75, 3.05) is 0 Å². The Morgan fingerprint density at radius 2 is 2.50 bits per heavy atom. The minimum absolute atomic E-state index is 0.942. The van der Waals surface area contributed by atoms with E-state index >= 15 is 0 Å². The Hall–Kier alpha value is -1.05. The van der Waals surface area contributed by atoms with Gasteiger partial charge in [0.15, 0.2) is 0 Å². The minimum atomic E-state index is 0.942. The van der Waals surface area contributed by atoms with Gasteiger partial charge in [-0.3, -0.25) is 0 Å². The summed E-state index contributed by atoms with van der Waals surface area (Å²) in [6.45, 7) is 5.77. The molecule has 1 aromatic heterocycles. The van der Waals surface area contributed by atoms with Gasteiger partial charge >= 0.3 is 0 Å². The maximum absolute atomic E-state index is 4.15. The molecule has 0 atom stereocenters. The molecule has 0 aliphatic heterocycles. The Labute approximate surface area is 61.2 Å². The van der Waals surface area contributed by atoms with Gasteiger partial charge in [-0.2, -0.15) is 0 Å². The Bertz CT molecular complexity index is 235. The van der Waals surface area contributed by atoms with E-state index in [1.54, 1.807) is 6.08 Å². The predicted molar refractivity (Wildman–Crippen MR) is 42.7 cm³/mol. The van der Waals surface area contributed by atoms with Crippen LogP contribution in [0.5, 0.6) is 0 Å². The molecule has 0 aromatic carbocycles. The topological polar surface area (TPSA) is 17.8 Å². The fourth-order valence-electron chi connectivity index (χ4n) is 0.979. The molecule has 0 N–H and O–H groups in total. The van der Waals surface area contributed by atoms with Crippen molar-refractivity contribution in [1.82, 2.24) is 9.55 Å². The van der Waals surface area contributed by atoms with Crippen LogP contribution in [0.15, 0.2) is 12.8 Å². The van der Waals surface area contributed by atoms with E-state index in [-0.39, 0.29) is 0 Å². The SMILES string of the molecule is C=Cc1ncc(CC)n1C. The van der Waals surface area contributed by atoms with Gasteiger partial charge < -0.3 is 4.57 Å². The first-order valence-electron chi connectivity index (χ1n) is 3.42. The smallest absolute Gasteiger partial charge is 0.131 e. The van der Waals surface area contributed by atoms with Crippen molar-refractivity contribution in [3.63, 3.8) is 0 Å². The van der Waals surface area contributed by atoms with E-state index in [1.165, 1.54) is 5.69 Å². The first-order chi connectivity index (χ1) is 4.79. The van der Waals surface area contributed by atoms with Gasteiger partial charge in [-0.05, 0) is 12.5 Å². The Morgan fingerprint density at radius 1 is 1.80 bits per heavy atom. The van der Waals surface area contributed by atoms with Crippen LogP contribution in [0, 0.1) is 0 Å². The fourth-order valence-corrected chi connectivity index (χ4v) is 0.979. The van der Waals surface area contributed by atoms with Crippen LogP contribution in [0.25, 0.3) is 6.08 Å². The molecule has 1 heterocycles. The van der Waals surface area contributed by atoms with E-state index < -0.39 is 0 Å². The van der Waals surface area contributed by atoms with Crippen molar-refractivity contribution in [3.8, 4) is 0 Å². The summed E-state index contributed by atoms with van der Waals surface area (Å²) in [6, 6.07) is 0. The molecule has 1 aromatic rings. The minimum Gasteiger partial charge on any atom is -0.332 e. The average molecular weight is 136 g/mol. The number of nitrogens with zero attached hydrogens (tertiary/aromatic N) is 2. The molecule has 0 amide bonds. The Kier molecular flexibility index (Phi) is 1.90. The summed E-state index contributed by atoms with van der Waals surface area (Å²) in [5.74, 6) is 0.942. The van der Waals surface area contributed by atoms with Gasteiger partial charge in [0.05, 0.1) is 0 Å². The molecule has 0 aliphatic rings. The molecule has 54 valence electrons. The third-order valence-electron chi connectivity index (χ3n) is 1.67. The first-order valence-corrected chi connectivity index (χ1v) is 3.42. The van der Waals surface area contributed by atoms with E-state index in [1.807, 2.05) is 17.8 Å². The van der Waals surface area contributed by atoms with Crippen molar-refractivity contribution >= 4 is 6.08 Å². The molecule has 0 fully saturated rings. The van der Waals surface area contributed by atoms with Gasteiger partial charge in [-0.1, -0.05) is 13.5 Å². The summed E-state index contributed by atoms with van der Waals surface area (Å²) in [4.78, 5) is 4.15. The lowest BCUT2D eigenvalue weighted by Crippen LogP contribution is -1.95. The second kappa shape index (κ2) is 2.69. The van der Waals surface area contributed by atoms with E-state index in [9.17, 15) is 0 Å². The van der Waals surface area contributed by atoms with E-state index in [2.05, 4.69) is 18.5 Å². The summed E-state index contributed by atoms with van der Waals surface area (Å²) in [6.07, 6.45) is 4.67. The summed E-state index contributed by atoms with van der Waals surface area (Å²) in [7, 11) is 2.00. The molecule has 0 radical (unpaired) electrons. The average Bonchev–Trinajstić information content (AvgIpc) is 2.30. The Balaban J connectivity index is 3.08. The maximum atomic E-state index is 4.15. The summed E-state index contributed by atoms with van der Waals surface area (Å²) >= 11 is 0. The molecule has 1 rings (SSSR count). The molecule has 0 spiro atoms. The molecule has 2 heteroatoms. The largest absolute Gasteiger partial charge is 0.332 e. The third kappa shape index (κ3) is 0.967. The molecule has 0 aliphatic carbocycles. The zero-order valence-electron chi connectivity index (χ0n) is 6.46. The summed E-state index contributed by atoms with van der Waals surface area (Å²) in [5.41, 5.74) is 1.25. The number of hydrogen-bond acceptors (Lipinski definition) is 1. The van der Waals surface area contributed by atoms with E-state index in [4.69, 9.17) is 0 Å². The zero-order chi connectivity index (χ0) is 7.56. The number of rotatable bonds is 2. The standard InChI is InChI=1S/C8H12N2/c1-4-7-6-9-8(5-2)10(7)3/h5-6H,2,4H2,1,3H3. The monoisotopic (exact) mass is 136 g/mol. The lowest BCUT2D eigenvalue weighted by Gasteiger charge is -1.98. The summed E-state index contributed by atoms with van der Waals surface area (Å²) < 4.78 is 2.05. The maximum Gasteiger partial charge on any atom is 0.131 e.